The van der Waals surface area contributed by atoms with Gasteiger partial charge in [0, 0.05) is 18.0 Å². The summed E-state index contributed by atoms with van der Waals surface area (Å²) in [7, 11) is 0. The largest absolute Gasteiger partial charge is 0.387 e. The second kappa shape index (κ2) is 7.36. The quantitative estimate of drug-likeness (QED) is 0.723. The fraction of sp³-hybridized carbons (Fsp3) is 0.176. The van der Waals surface area contributed by atoms with Crippen molar-refractivity contribution in [3.8, 4) is 0 Å². The molecule has 2 N–H and O–H groups in total. The molecular weight excluding hydrogens is 262 g/mol. The van der Waals surface area contributed by atoms with Crippen molar-refractivity contribution in [2.45, 2.75) is 19.4 Å². The van der Waals surface area contributed by atoms with E-state index < -0.39 is 6.10 Å². The van der Waals surface area contributed by atoms with Crippen molar-refractivity contribution in [2.75, 3.05) is 0 Å². The highest BCUT2D eigenvalue weighted by Crippen LogP contribution is 2.08. The zero-order valence-electron chi connectivity index (χ0n) is 12.0. The number of aromatic amines is 1. The predicted molar refractivity (Wildman–Crippen MR) is 84.9 cm³/mol. The van der Waals surface area contributed by atoms with Crippen LogP contribution in [0.5, 0.6) is 0 Å². The van der Waals surface area contributed by atoms with Crippen LogP contribution in [0.25, 0.3) is 10.9 Å². The van der Waals surface area contributed by atoms with Gasteiger partial charge in [0.05, 0.1) is 23.5 Å². The van der Waals surface area contributed by atoms with Crippen molar-refractivity contribution < 1.29 is 5.11 Å². The van der Waals surface area contributed by atoms with Gasteiger partial charge in [-0.2, -0.15) is 0 Å². The number of hydrogen-bond donors (Lipinski definition) is 2. The fourth-order valence-electron chi connectivity index (χ4n) is 1.85. The van der Waals surface area contributed by atoms with Gasteiger partial charge in [0.2, 0.25) is 0 Å². The molecule has 0 aliphatic rings. The minimum absolute atomic E-state index is 0.471. The summed E-state index contributed by atoms with van der Waals surface area (Å²) in [5, 5.41) is 10.3. The zero-order chi connectivity index (χ0) is 15.1. The standard InChI is InChI=1S/C9H7N.C8H12N2O/c1-2-6-9-8(4-1)5-3-7-10-9;1-3-4-8-9-5-7(10-8)6(2)11/h1-7H;3,5-6,11H,1,4H2,2H3,(H,9,10). The number of pyridine rings is 1. The average molecular weight is 281 g/mol. The molecule has 108 valence electrons. The summed E-state index contributed by atoms with van der Waals surface area (Å²) in [5.74, 6) is 0.843. The Bertz CT molecular complexity index is 638. The Kier molecular flexibility index (Phi) is 5.23. The van der Waals surface area contributed by atoms with Crippen LogP contribution >= 0.6 is 0 Å². The number of aromatic nitrogens is 3. The summed E-state index contributed by atoms with van der Waals surface area (Å²) in [6.45, 7) is 5.29. The Hall–Kier alpha value is -2.46. The van der Waals surface area contributed by atoms with E-state index in [0.717, 1.165) is 17.0 Å². The summed E-state index contributed by atoms with van der Waals surface area (Å²) in [4.78, 5) is 11.2. The molecule has 1 aromatic carbocycles. The van der Waals surface area contributed by atoms with Gasteiger partial charge in [0.15, 0.2) is 0 Å². The fourth-order valence-corrected chi connectivity index (χ4v) is 1.85. The van der Waals surface area contributed by atoms with Crippen LogP contribution in [0.4, 0.5) is 0 Å². The lowest BCUT2D eigenvalue weighted by Gasteiger charge is -1.96. The summed E-state index contributed by atoms with van der Waals surface area (Å²) in [5.41, 5.74) is 1.81. The molecule has 0 aliphatic heterocycles. The minimum Gasteiger partial charge on any atom is -0.387 e. The number of H-pyrrole nitrogens is 1. The maximum atomic E-state index is 9.11. The topological polar surface area (TPSA) is 61.8 Å². The summed E-state index contributed by atoms with van der Waals surface area (Å²) in [6, 6.07) is 12.1. The number of nitrogens with one attached hydrogen (secondary N) is 1. The molecular formula is C17H19N3O. The Balaban J connectivity index is 0.000000154. The molecule has 4 nitrogen and oxygen atoms in total. The maximum absolute atomic E-state index is 9.11. The first-order valence-corrected chi connectivity index (χ1v) is 6.83. The van der Waals surface area contributed by atoms with Gasteiger partial charge in [0.1, 0.15) is 5.82 Å². The van der Waals surface area contributed by atoms with Gasteiger partial charge in [-0.3, -0.25) is 4.98 Å². The lowest BCUT2D eigenvalue weighted by Crippen LogP contribution is -1.91. The van der Waals surface area contributed by atoms with Gasteiger partial charge in [0.25, 0.3) is 0 Å². The van der Waals surface area contributed by atoms with E-state index >= 15 is 0 Å². The van der Waals surface area contributed by atoms with Crippen LogP contribution in [0.15, 0.2) is 61.4 Å². The third-order valence-corrected chi connectivity index (χ3v) is 2.95. The van der Waals surface area contributed by atoms with Gasteiger partial charge in [-0.1, -0.05) is 30.3 Å². The Morgan fingerprint density at radius 1 is 1.24 bits per heavy atom. The lowest BCUT2D eigenvalue weighted by molar-refractivity contribution is 0.195. The van der Waals surface area contributed by atoms with E-state index in [2.05, 4.69) is 33.7 Å². The summed E-state index contributed by atoms with van der Waals surface area (Å²) in [6.07, 6.45) is 5.46. The Morgan fingerprint density at radius 3 is 2.67 bits per heavy atom. The smallest absolute Gasteiger partial charge is 0.110 e. The Labute approximate surface area is 124 Å². The minimum atomic E-state index is -0.471. The van der Waals surface area contributed by atoms with Crippen molar-refractivity contribution in [1.82, 2.24) is 15.0 Å². The van der Waals surface area contributed by atoms with Gasteiger partial charge < -0.3 is 10.1 Å². The first-order valence-electron chi connectivity index (χ1n) is 6.83. The van der Waals surface area contributed by atoms with E-state index in [1.807, 2.05) is 30.5 Å². The first kappa shape index (κ1) is 14.9. The SMILES string of the molecule is C=CCc1ncc(C(C)O)[nH]1.c1ccc2ncccc2c1. The number of allylic oxidation sites excluding steroid dienone is 1. The number of benzene rings is 1. The maximum Gasteiger partial charge on any atom is 0.110 e. The molecule has 0 radical (unpaired) electrons. The molecule has 0 fully saturated rings. The van der Waals surface area contributed by atoms with E-state index in [1.54, 1.807) is 19.2 Å². The number of imidazole rings is 1. The highest BCUT2D eigenvalue weighted by molar-refractivity contribution is 5.77. The molecule has 1 atom stereocenters. The van der Waals surface area contributed by atoms with Gasteiger partial charge in [-0.05, 0) is 19.1 Å². The van der Waals surface area contributed by atoms with Crippen molar-refractivity contribution >= 4 is 10.9 Å². The monoisotopic (exact) mass is 281 g/mol. The molecule has 0 spiro atoms. The van der Waals surface area contributed by atoms with Gasteiger partial charge >= 0.3 is 0 Å². The number of rotatable bonds is 3. The molecule has 2 heterocycles. The second-order valence-electron chi connectivity index (χ2n) is 4.65. The number of aliphatic hydroxyl groups is 1. The molecule has 0 saturated heterocycles. The molecule has 0 saturated carbocycles. The number of hydrogen-bond acceptors (Lipinski definition) is 3. The van der Waals surface area contributed by atoms with Gasteiger partial charge in [-0.15, -0.1) is 6.58 Å². The number of para-hydroxylation sites is 1. The summed E-state index contributed by atoms with van der Waals surface area (Å²) < 4.78 is 0. The second-order valence-corrected chi connectivity index (χ2v) is 4.65. The molecule has 0 amide bonds. The summed E-state index contributed by atoms with van der Waals surface area (Å²) >= 11 is 0. The van der Waals surface area contributed by atoms with Crippen molar-refractivity contribution in [3.05, 3.63) is 73.0 Å². The molecule has 2 aromatic heterocycles. The number of aliphatic hydroxyl groups excluding tert-OH is 1. The van der Waals surface area contributed by atoms with Crippen LogP contribution in [0.3, 0.4) is 0 Å². The average Bonchev–Trinajstić information content (AvgIpc) is 2.97. The van der Waals surface area contributed by atoms with Crippen LogP contribution < -0.4 is 0 Å². The van der Waals surface area contributed by atoms with E-state index in [4.69, 9.17) is 5.11 Å². The molecule has 3 aromatic rings. The van der Waals surface area contributed by atoms with E-state index in [-0.39, 0.29) is 0 Å². The van der Waals surface area contributed by atoms with E-state index in [9.17, 15) is 0 Å². The predicted octanol–water partition coefficient (Wildman–Crippen LogP) is 3.43. The van der Waals surface area contributed by atoms with Crippen molar-refractivity contribution in [3.63, 3.8) is 0 Å². The highest BCUT2D eigenvalue weighted by Gasteiger charge is 2.03. The number of nitrogens with zero attached hydrogens (tertiary/aromatic N) is 2. The molecule has 4 heteroatoms. The molecule has 0 bridgehead atoms. The highest BCUT2D eigenvalue weighted by atomic mass is 16.3. The van der Waals surface area contributed by atoms with Crippen LogP contribution in [0.1, 0.15) is 24.5 Å². The van der Waals surface area contributed by atoms with Crippen LogP contribution in [-0.2, 0) is 6.42 Å². The first-order chi connectivity index (χ1) is 10.2. The number of fused-ring (bicyclic) bond motifs is 1. The molecule has 21 heavy (non-hydrogen) atoms. The normalized spacial score (nSPS) is 11.5. The molecule has 0 aliphatic carbocycles. The lowest BCUT2D eigenvalue weighted by atomic mass is 10.2. The third-order valence-electron chi connectivity index (χ3n) is 2.95. The van der Waals surface area contributed by atoms with Crippen LogP contribution in [-0.4, -0.2) is 20.1 Å². The van der Waals surface area contributed by atoms with E-state index in [1.165, 1.54) is 5.39 Å². The van der Waals surface area contributed by atoms with Crippen LogP contribution in [0.2, 0.25) is 0 Å². The Morgan fingerprint density at radius 2 is 2.00 bits per heavy atom. The van der Waals surface area contributed by atoms with Gasteiger partial charge in [-0.25, -0.2) is 4.98 Å². The molecule has 1 unspecified atom stereocenters. The van der Waals surface area contributed by atoms with E-state index in [0.29, 0.717) is 6.42 Å². The zero-order valence-corrected chi connectivity index (χ0v) is 12.0. The third kappa shape index (κ3) is 4.26. The van der Waals surface area contributed by atoms with Crippen LogP contribution in [0, 0.1) is 0 Å². The van der Waals surface area contributed by atoms with Crippen molar-refractivity contribution in [2.24, 2.45) is 0 Å². The van der Waals surface area contributed by atoms with Crippen molar-refractivity contribution in [1.29, 1.82) is 0 Å². The molecule has 3 rings (SSSR count).